The maximum Gasteiger partial charge on any atom is 0.143 e. The number of terminal acetylenes is 1. The van der Waals surface area contributed by atoms with Gasteiger partial charge in [-0.05, 0) is 0 Å². The van der Waals surface area contributed by atoms with E-state index in [1.54, 1.807) is 7.05 Å². The average Bonchev–Trinajstić information content (AvgIpc) is 2.17. The molecule has 1 rings (SSSR count). The number of anilines is 1. The third-order valence-corrected chi connectivity index (χ3v) is 1.71. The first kappa shape index (κ1) is 9.40. The van der Waals surface area contributed by atoms with Crippen molar-refractivity contribution in [2.75, 3.05) is 19.5 Å². The fraction of sp³-hybridized carbons (Fsp3) is 0.200. The molecule has 0 spiro atoms. The Hall–Kier alpha value is -1.69. The Morgan fingerprint density at radius 2 is 2.23 bits per heavy atom. The van der Waals surface area contributed by atoms with Gasteiger partial charge in [0.1, 0.15) is 11.6 Å². The number of nitrogens with one attached hydrogen (secondary N) is 1. The molecule has 0 fully saturated rings. The predicted molar refractivity (Wildman–Crippen MR) is 50.4 cm³/mol. The Kier molecular flexibility index (Phi) is 2.76. The zero-order valence-electron chi connectivity index (χ0n) is 7.52. The molecule has 0 aliphatic heterocycles. The van der Waals surface area contributed by atoms with Crippen LogP contribution in [0.1, 0.15) is 5.56 Å². The molecule has 0 aliphatic rings. The third-order valence-electron chi connectivity index (χ3n) is 1.71. The molecule has 0 heterocycles. The second kappa shape index (κ2) is 3.81. The summed E-state index contributed by atoms with van der Waals surface area (Å²) in [6.07, 6.45) is 5.10. The normalized spacial score (nSPS) is 9.08. The van der Waals surface area contributed by atoms with Gasteiger partial charge in [-0.1, -0.05) is 5.92 Å². The van der Waals surface area contributed by atoms with Crippen LogP contribution in [-0.4, -0.2) is 14.2 Å². The first-order valence-electron chi connectivity index (χ1n) is 3.74. The van der Waals surface area contributed by atoms with E-state index in [0.717, 1.165) is 0 Å². The molecule has 0 unspecified atom stereocenters. The topological polar surface area (TPSA) is 21.3 Å². The highest BCUT2D eigenvalue weighted by atomic mass is 19.1. The van der Waals surface area contributed by atoms with Gasteiger partial charge in [0.15, 0.2) is 0 Å². The second-order valence-corrected chi connectivity index (χ2v) is 2.43. The first-order valence-corrected chi connectivity index (χ1v) is 3.74. The van der Waals surface area contributed by atoms with E-state index in [0.29, 0.717) is 11.4 Å². The maximum atomic E-state index is 13.1. The van der Waals surface area contributed by atoms with Crippen molar-refractivity contribution in [1.82, 2.24) is 0 Å². The van der Waals surface area contributed by atoms with E-state index in [1.807, 2.05) is 0 Å². The van der Waals surface area contributed by atoms with E-state index in [4.69, 9.17) is 11.2 Å². The van der Waals surface area contributed by atoms with Gasteiger partial charge in [-0.3, -0.25) is 0 Å². The summed E-state index contributed by atoms with van der Waals surface area (Å²) < 4.78 is 18.1. The first-order chi connectivity index (χ1) is 6.22. The number of halogens is 1. The van der Waals surface area contributed by atoms with Gasteiger partial charge in [0.05, 0.1) is 18.4 Å². The summed E-state index contributed by atoms with van der Waals surface area (Å²) >= 11 is 0. The van der Waals surface area contributed by atoms with Crippen LogP contribution < -0.4 is 10.1 Å². The van der Waals surface area contributed by atoms with Crippen molar-refractivity contribution < 1.29 is 9.13 Å². The van der Waals surface area contributed by atoms with Crippen LogP contribution in [0.3, 0.4) is 0 Å². The largest absolute Gasteiger partial charge is 0.495 e. The van der Waals surface area contributed by atoms with Crippen molar-refractivity contribution in [2.24, 2.45) is 0 Å². The smallest absolute Gasteiger partial charge is 0.143 e. The van der Waals surface area contributed by atoms with Crippen LogP contribution >= 0.6 is 0 Å². The van der Waals surface area contributed by atoms with Gasteiger partial charge in [-0.25, -0.2) is 4.39 Å². The highest BCUT2D eigenvalue weighted by Crippen LogP contribution is 2.26. The predicted octanol–water partition coefficient (Wildman–Crippen LogP) is 1.86. The molecule has 0 atom stereocenters. The molecule has 0 saturated carbocycles. The molecule has 1 N–H and O–H groups in total. The lowest BCUT2D eigenvalue weighted by molar-refractivity contribution is 0.415. The molecule has 0 aliphatic carbocycles. The lowest BCUT2D eigenvalue weighted by Crippen LogP contribution is -1.96. The zero-order valence-corrected chi connectivity index (χ0v) is 7.52. The van der Waals surface area contributed by atoms with Gasteiger partial charge in [0.25, 0.3) is 0 Å². The fourth-order valence-corrected chi connectivity index (χ4v) is 1.03. The summed E-state index contributed by atoms with van der Waals surface area (Å²) in [4.78, 5) is 0. The van der Waals surface area contributed by atoms with Crippen LogP contribution in [0.5, 0.6) is 5.75 Å². The number of hydrogen-bond donors (Lipinski definition) is 1. The average molecular weight is 179 g/mol. The molecule has 2 nitrogen and oxygen atoms in total. The number of methoxy groups -OCH3 is 1. The van der Waals surface area contributed by atoms with Crippen molar-refractivity contribution in [1.29, 1.82) is 0 Å². The van der Waals surface area contributed by atoms with Crippen LogP contribution in [0.15, 0.2) is 12.1 Å². The van der Waals surface area contributed by atoms with Gasteiger partial charge in [-0.15, -0.1) is 6.42 Å². The van der Waals surface area contributed by atoms with Crippen LogP contribution in [0, 0.1) is 18.2 Å². The van der Waals surface area contributed by atoms with E-state index >= 15 is 0 Å². The monoisotopic (exact) mass is 179 g/mol. The Balaban J connectivity index is 3.28. The summed E-state index contributed by atoms with van der Waals surface area (Å²) in [5.41, 5.74) is 0.787. The van der Waals surface area contributed by atoms with Crippen molar-refractivity contribution in [2.45, 2.75) is 0 Å². The van der Waals surface area contributed by atoms with Crippen molar-refractivity contribution in [3.8, 4) is 18.1 Å². The molecular formula is C10H10FNO. The third kappa shape index (κ3) is 1.73. The summed E-state index contributed by atoms with van der Waals surface area (Å²) in [5, 5.41) is 2.81. The number of hydrogen-bond acceptors (Lipinski definition) is 2. The second-order valence-electron chi connectivity index (χ2n) is 2.43. The molecule has 3 heteroatoms. The van der Waals surface area contributed by atoms with Crippen LogP contribution in [0.2, 0.25) is 0 Å². The van der Waals surface area contributed by atoms with Gasteiger partial charge in [0, 0.05) is 19.2 Å². The lowest BCUT2D eigenvalue weighted by atomic mass is 10.2. The van der Waals surface area contributed by atoms with Crippen molar-refractivity contribution in [3.63, 3.8) is 0 Å². The fourth-order valence-electron chi connectivity index (χ4n) is 1.03. The Morgan fingerprint density at radius 3 is 2.69 bits per heavy atom. The SMILES string of the molecule is C#Cc1cc(OC)c(NC)cc1F. The molecule has 1 aromatic carbocycles. The number of ether oxygens (including phenoxy) is 1. The minimum atomic E-state index is -0.423. The molecule has 68 valence electrons. The maximum absolute atomic E-state index is 13.1. The summed E-state index contributed by atoms with van der Waals surface area (Å²) in [6, 6.07) is 2.80. The van der Waals surface area contributed by atoms with Crippen molar-refractivity contribution in [3.05, 3.63) is 23.5 Å². The summed E-state index contributed by atoms with van der Waals surface area (Å²) in [7, 11) is 3.20. The minimum absolute atomic E-state index is 0.204. The minimum Gasteiger partial charge on any atom is -0.495 e. The molecule has 1 aromatic rings. The molecular weight excluding hydrogens is 169 g/mol. The van der Waals surface area contributed by atoms with Crippen LogP contribution in [0.25, 0.3) is 0 Å². The highest BCUT2D eigenvalue weighted by Gasteiger charge is 2.07. The molecule has 0 saturated heterocycles. The quantitative estimate of drug-likeness (QED) is 0.699. The standard InChI is InChI=1S/C10H10FNO/c1-4-7-5-10(13-3)9(12-2)6-8(7)11/h1,5-6,12H,2-3H3. The van der Waals surface area contributed by atoms with Gasteiger partial charge in [-0.2, -0.15) is 0 Å². The van der Waals surface area contributed by atoms with Crippen LogP contribution in [0.4, 0.5) is 10.1 Å². The van der Waals surface area contributed by atoms with Gasteiger partial charge >= 0.3 is 0 Å². The summed E-state index contributed by atoms with van der Waals surface area (Å²) in [6.45, 7) is 0. The van der Waals surface area contributed by atoms with Gasteiger partial charge < -0.3 is 10.1 Å². The summed E-state index contributed by atoms with van der Waals surface area (Å²) in [5.74, 6) is 2.35. The molecule has 0 aromatic heterocycles. The van der Waals surface area contributed by atoms with E-state index < -0.39 is 5.82 Å². The lowest BCUT2D eigenvalue weighted by Gasteiger charge is -2.08. The Labute approximate surface area is 76.7 Å². The van der Waals surface area contributed by atoms with E-state index in [2.05, 4.69) is 11.2 Å². The molecule has 13 heavy (non-hydrogen) atoms. The van der Waals surface area contributed by atoms with Crippen molar-refractivity contribution >= 4 is 5.69 Å². The Morgan fingerprint density at radius 1 is 1.54 bits per heavy atom. The highest BCUT2D eigenvalue weighted by molar-refractivity contribution is 5.59. The van der Waals surface area contributed by atoms with Gasteiger partial charge in [0.2, 0.25) is 0 Å². The number of benzene rings is 1. The molecule has 0 bridgehead atoms. The van der Waals surface area contributed by atoms with Crippen LogP contribution in [-0.2, 0) is 0 Å². The van der Waals surface area contributed by atoms with E-state index in [1.165, 1.54) is 19.2 Å². The zero-order chi connectivity index (χ0) is 9.84. The number of rotatable bonds is 2. The molecule has 0 radical (unpaired) electrons. The Bertz CT molecular complexity index is 355. The molecule has 0 amide bonds. The van der Waals surface area contributed by atoms with E-state index in [9.17, 15) is 4.39 Å². The van der Waals surface area contributed by atoms with E-state index in [-0.39, 0.29) is 5.56 Å².